The van der Waals surface area contributed by atoms with Crippen LogP contribution in [0.1, 0.15) is 22.3 Å². The van der Waals surface area contributed by atoms with E-state index in [-0.39, 0.29) is 0 Å². The second kappa shape index (κ2) is 12.0. The average Bonchev–Trinajstić information content (AvgIpc) is 4.05. The van der Waals surface area contributed by atoms with Gasteiger partial charge in [-0.3, -0.25) is 0 Å². The first-order chi connectivity index (χ1) is 30.2. The van der Waals surface area contributed by atoms with E-state index < -0.39 is 5.41 Å². The number of fused-ring (bicyclic) bond motifs is 18. The topological polar surface area (TPSA) is 65.0 Å². The minimum absolute atomic E-state index is 0.585. The molecule has 2 aliphatic carbocycles. The fourth-order valence-electron chi connectivity index (χ4n) is 10.6. The molecule has 0 unspecified atom stereocenters. The van der Waals surface area contributed by atoms with E-state index in [1.54, 1.807) is 0 Å². The van der Waals surface area contributed by atoms with Crippen molar-refractivity contribution in [3.63, 3.8) is 0 Å². The van der Waals surface area contributed by atoms with Crippen LogP contribution in [-0.2, 0) is 5.41 Å². The van der Waals surface area contributed by atoms with Gasteiger partial charge in [0.05, 0.1) is 5.41 Å². The summed E-state index contributed by atoms with van der Waals surface area (Å²) in [6.07, 6.45) is 0. The second-order valence-corrected chi connectivity index (χ2v) is 16.2. The Kier molecular flexibility index (Phi) is 6.43. The smallest absolute Gasteiger partial charge is 0.164 e. The van der Waals surface area contributed by atoms with Crippen molar-refractivity contribution in [1.29, 1.82) is 0 Å². The molecule has 61 heavy (non-hydrogen) atoms. The molecule has 5 heteroatoms. The van der Waals surface area contributed by atoms with Crippen LogP contribution in [0.15, 0.2) is 197 Å². The number of aromatic nitrogens is 3. The molecule has 0 N–H and O–H groups in total. The van der Waals surface area contributed by atoms with Crippen molar-refractivity contribution in [2.45, 2.75) is 5.41 Å². The van der Waals surface area contributed by atoms with E-state index >= 15 is 0 Å². The Morgan fingerprint density at radius 2 is 0.967 bits per heavy atom. The van der Waals surface area contributed by atoms with E-state index in [4.69, 9.17) is 23.8 Å². The molecular weight excluding hydrogens is 747 g/mol. The van der Waals surface area contributed by atoms with Crippen LogP contribution in [0.4, 0.5) is 0 Å². The third kappa shape index (κ3) is 4.36. The van der Waals surface area contributed by atoms with Crippen molar-refractivity contribution in [2.24, 2.45) is 0 Å². The summed E-state index contributed by atoms with van der Waals surface area (Å²) in [5, 5.41) is 6.62. The molecular formula is C56H31N3O2. The van der Waals surface area contributed by atoms with E-state index in [1.807, 2.05) is 36.4 Å². The monoisotopic (exact) mass is 777 g/mol. The Balaban J connectivity index is 1.04. The molecule has 12 aromatic rings. The normalized spacial score (nSPS) is 13.4. The second-order valence-electron chi connectivity index (χ2n) is 16.2. The van der Waals surface area contributed by atoms with Gasteiger partial charge < -0.3 is 8.83 Å². The summed E-state index contributed by atoms with van der Waals surface area (Å²) in [4.78, 5) is 15.3. The SMILES string of the molecule is c1ccc(-c2nc(-c3ccc4c(c3)oc3ccc5c(c34)C3(c4ccccc4-c4ccccc43)c3cc4oc6ccccc6c4cc3-5)nc(-c3cccc4ccccc34)n2)cc1. The Hall–Kier alpha value is -8.15. The molecule has 3 heterocycles. The van der Waals surface area contributed by atoms with Crippen LogP contribution in [0.2, 0.25) is 0 Å². The molecule has 1 spiro atoms. The summed E-state index contributed by atoms with van der Waals surface area (Å²) < 4.78 is 13.5. The van der Waals surface area contributed by atoms with Crippen LogP contribution in [-0.4, -0.2) is 15.0 Å². The molecule has 0 radical (unpaired) electrons. The van der Waals surface area contributed by atoms with Crippen LogP contribution in [0.25, 0.3) is 111 Å². The Bertz CT molecular complexity index is 3790. The van der Waals surface area contributed by atoms with Gasteiger partial charge in [-0.1, -0.05) is 152 Å². The number of para-hydroxylation sites is 1. The third-order valence-corrected chi connectivity index (χ3v) is 13.1. The molecule has 0 bridgehead atoms. The standard InChI is InChI=1S/C56H31N3O2/c1-2-14-33(15-3-1)53-57-54(59-55(58-53)40-21-12-16-32-13-4-5-17-35(32)40)34-25-26-41-49(29-34)61-48-28-27-39-42-30-43-38-20-8-11-24-47(38)60-50(43)31-46(42)56(52(39)51(41)48)44-22-9-6-18-36(44)37-19-7-10-23-45(37)56/h1-31H. The van der Waals surface area contributed by atoms with Gasteiger partial charge in [-0.2, -0.15) is 0 Å². The minimum atomic E-state index is -0.605. The number of rotatable bonds is 3. The maximum absolute atomic E-state index is 6.94. The summed E-state index contributed by atoms with van der Waals surface area (Å²) >= 11 is 0. The molecule has 14 rings (SSSR count). The van der Waals surface area contributed by atoms with Crippen LogP contribution in [0, 0.1) is 0 Å². The molecule has 0 saturated carbocycles. The highest BCUT2D eigenvalue weighted by Gasteiger charge is 2.53. The highest BCUT2D eigenvalue weighted by molar-refractivity contribution is 6.16. The van der Waals surface area contributed by atoms with Gasteiger partial charge >= 0.3 is 0 Å². The largest absolute Gasteiger partial charge is 0.456 e. The molecule has 3 aromatic heterocycles. The first-order valence-corrected chi connectivity index (χ1v) is 20.7. The molecule has 5 nitrogen and oxygen atoms in total. The summed E-state index contributed by atoms with van der Waals surface area (Å²) in [5.41, 5.74) is 15.5. The Labute approximate surface area is 349 Å². The van der Waals surface area contributed by atoms with Crippen molar-refractivity contribution in [3.8, 4) is 56.4 Å². The predicted molar refractivity (Wildman–Crippen MR) is 244 cm³/mol. The zero-order chi connectivity index (χ0) is 39.8. The molecule has 0 saturated heterocycles. The lowest BCUT2D eigenvalue weighted by molar-refractivity contribution is 0.666. The molecule has 9 aromatic carbocycles. The summed E-state index contributed by atoms with van der Waals surface area (Å²) in [6, 6.07) is 66.4. The highest BCUT2D eigenvalue weighted by Crippen LogP contribution is 2.65. The quantitative estimate of drug-likeness (QED) is 0.179. The van der Waals surface area contributed by atoms with Gasteiger partial charge in [-0.25, -0.2) is 15.0 Å². The van der Waals surface area contributed by atoms with E-state index in [9.17, 15) is 0 Å². The lowest BCUT2D eigenvalue weighted by Crippen LogP contribution is -2.26. The molecule has 282 valence electrons. The van der Waals surface area contributed by atoms with Crippen molar-refractivity contribution in [3.05, 3.63) is 210 Å². The number of hydrogen-bond donors (Lipinski definition) is 0. The maximum Gasteiger partial charge on any atom is 0.164 e. The van der Waals surface area contributed by atoms with Crippen LogP contribution < -0.4 is 0 Å². The summed E-state index contributed by atoms with van der Waals surface area (Å²) in [5.74, 6) is 1.83. The summed E-state index contributed by atoms with van der Waals surface area (Å²) in [7, 11) is 0. The van der Waals surface area contributed by atoms with Crippen molar-refractivity contribution >= 4 is 54.6 Å². The molecule has 0 amide bonds. The number of hydrogen-bond acceptors (Lipinski definition) is 5. The first kappa shape index (κ1) is 32.8. The van der Waals surface area contributed by atoms with Crippen molar-refractivity contribution < 1.29 is 8.83 Å². The van der Waals surface area contributed by atoms with Gasteiger partial charge in [0.1, 0.15) is 22.3 Å². The van der Waals surface area contributed by atoms with Crippen LogP contribution in [0.5, 0.6) is 0 Å². The minimum Gasteiger partial charge on any atom is -0.456 e. The fourth-order valence-corrected chi connectivity index (χ4v) is 10.6. The van der Waals surface area contributed by atoms with Crippen molar-refractivity contribution in [2.75, 3.05) is 0 Å². The molecule has 2 aliphatic rings. The maximum atomic E-state index is 6.94. The van der Waals surface area contributed by atoms with Gasteiger partial charge in [-0.05, 0) is 91.7 Å². The van der Waals surface area contributed by atoms with E-state index in [1.165, 1.54) is 44.5 Å². The van der Waals surface area contributed by atoms with E-state index in [0.717, 1.165) is 71.3 Å². The van der Waals surface area contributed by atoms with E-state index in [2.05, 4.69) is 152 Å². The molecule has 0 fully saturated rings. The van der Waals surface area contributed by atoms with E-state index in [0.29, 0.717) is 17.5 Å². The van der Waals surface area contributed by atoms with Gasteiger partial charge in [0.25, 0.3) is 0 Å². The Morgan fingerprint density at radius 1 is 0.328 bits per heavy atom. The number of benzene rings is 9. The van der Waals surface area contributed by atoms with Crippen LogP contribution >= 0.6 is 0 Å². The Morgan fingerprint density at radius 3 is 1.80 bits per heavy atom. The van der Waals surface area contributed by atoms with Crippen molar-refractivity contribution in [1.82, 2.24) is 15.0 Å². The predicted octanol–water partition coefficient (Wildman–Crippen LogP) is 14.2. The number of furan rings is 2. The lowest BCUT2D eigenvalue weighted by Gasteiger charge is -2.31. The zero-order valence-corrected chi connectivity index (χ0v) is 32.6. The van der Waals surface area contributed by atoms with Gasteiger partial charge in [-0.15, -0.1) is 0 Å². The lowest BCUT2D eigenvalue weighted by atomic mass is 9.69. The van der Waals surface area contributed by atoms with Gasteiger partial charge in [0, 0.05) is 38.2 Å². The third-order valence-electron chi connectivity index (χ3n) is 13.1. The average molecular weight is 778 g/mol. The molecule has 0 aliphatic heterocycles. The van der Waals surface area contributed by atoms with Crippen LogP contribution in [0.3, 0.4) is 0 Å². The van der Waals surface area contributed by atoms with Gasteiger partial charge in [0.2, 0.25) is 0 Å². The highest BCUT2D eigenvalue weighted by atomic mass is 16.3. The van der Waals surface area contributed by atoms with Gasteiger partial charge in [0.15, 0.2) is 17.5 Å². The summed E-state index contributed by atoms with van der Waals surface area (Å²) in [6.45, 7) is 0. The fraction of sp³-hybridized carbons (Fsp3) is 0.0179. The first-order valence-electron chi connectivity index (χ1n) is 20.7. The zero-order valence-electron chi connectivity index (χ0n) is 32.6. The number of nitrogens with zero attached hydrogens (tertiary/aromatic N) is 3. The molecule has 0 atom stereocenters.